The number of ether oxygens (including phenoxy) is 1. The van der Waals surface area contributed by atoms with Crippen LogP contribution >= 0.6 is 11.8 Å². The van der Waals surface area contributed by atoms with Gasteiger partial charge in [0.15, 0.2) is 10.9 Å². The Morgan fingerprint density at radius 1 is 1.03 bits per heavy atom. The predicted octanol–water partition coefficient (Wildman–Crippen LogP) is 4.49. The van der Waals surface area contributed by atoms with E-state index in [-0.39, 0.29) is 5.91 Å². The lowest BCUT2D eigenvalue weighted by molar-refractivity contribution is 0.0716. The summed E-state index contributed by atoms with van der Waals surface area (Å²) in [6.07, 6.45) is 3.44. The van der Waals surface area contributed by atoms with Crippen molar-refractivity contribution in [2.75, 3.05) is 38.2 Å². The zero-order valence-electron chi connectivity index (χ0n) is 18.3. The number of carbonyl (C=O) groups is 1. The first kappa shape index (κ1) is 21.3. The fourth-order valence-electron chi connectivity index (χ4n) is 4.03. The van der Waals surface area contributed by atoms with Crippen LogP contribution in [0.1, 0.15) is 16.1 Å². The molecule has 2 aromatic heterocycles. The first-order chi connectivity index (χ1) is 16.2. The first-order valence-electron chi connectivity index (χ1n) is 10.8. The van der Waals surface area contributed by atoms with Gasteiger partial charge in [0, 0.05) is 67.0 Å². The summed E-state index contributed by atoms with van der Waals surface area (Å²) in [5.74, 6) is 1.74. The van der Waals surface area contributed by atoms with Gasteiger partial charge in [0.2, 0.25) is 0 Å². The lowest BCUT2D eigenvalue weighted by atomic mass is 10.1. The van der Waals surface area contributed by atoms with E-state index >= 15 is 0 Å². The number of carbonyl (C=O) groups excluding carboxylic acids is 1. The number of hydrogen-bond acceptors (Lipinski definition) is 7. The number of benzene rings is 2. The molecule has 4 aromatic rings. The van der Waals surface area contributed by atoms with Crippen LogP contribution in [0, 0.1) is 0 Å². The minimum atomic E-state index is -0.0685. The number of fused-ring (bicyclic) bond motifs is 1. The van der Waals surface area contributed by atoms with Gasteiger partial charge in [-0.05, 0) is 24.3 Å². The number of hydrogen-bond donors (Lipinski definition) is 0. The molecule has 1 aliphatic rings. The zero-order chi connectivity index (χ0) is 22.6. The molecule has 0 radical (unpaired) electrons. The van der Waals surface area contributed by atoms with Gasteiger partial charge < -0.3 is 19.0 Å². The Kier molecular flexibility index (Phi) is 6.17. The third-order valence-electron chi connectivity index (χ3n) is 5.77. The maximum atomic E-state index is 13.5. The Bertz CT molecular complexity index is 1250. The van der Waals surface area contributed by atoms with Gasteiger partial charge in [-0.2, -0.15) is 0 Å². The third-order valence-corrected chi connectivity index (χ3v) is 6.67. The van der Waals surface area contributed by atoms with E-state index in [2.05, 4.69) is 20.9 Å². The van der Waals surface area contributed by atoms with Crippen LogP contribution < -0.4 is 9.64 Å². The van der Waals surface area contributed by atoms with Crippen molar-refractivity contribution in [1.82, 2.24) is 14.9 Å². The molecule has 8 heteroatoms. The number of aromatic nitrogens is 2. The number of piperazine rings is 1. The van der Waals surface area contributed by atoms with Crippen molar-refractivity contribution in [3.63, 3.8) is 0 Å². The van der Waals surface area contributed by atoms with E-state index < -0.39 is 0 Å². The summed E-state index contributed by atoms with van der Waals surface area (Å²) in [5.41, 5.74) is 2.72. The highest BCUT2D eigenvalue weighted by atomic mass is 32.2. The van der Waals surface area contributed by atoms with E-state index in [1.165, 1.54) is 11.8 Å². The molecular weight excluding hydrogens is 436 g/mol. The Morgan fingerprint density at radius 2 is 1.82 bits per heavy atom. The average Bonchev–Trinajstić information content (AvgIpc) is 3.26. The standard InChI is InChI=1S/C25H24N4O3S/c1-31-19-7-4-6-18(16-19)28-12-14-29(15-13-28)24(30)23-21(17-33-25-26-10-5-11-27-25)20-8-2-3-9-22(20)32-23/h2-11,16H,12-15,17H2,1H3. The molecule has 3 heterocycles. The second-order valence-electron chi connectivity index (χ2n) is 7.71. The van der Waals surface area contributed by atoms with Crippen LogP contribution in [0.15, 0.2) is 76.6 Å². The van der Waals surface area contributed by atoms with Gasteiger partial charge in [-0.25, -0.2) is 9.97 Å². The highest BCUT2D eigenvalue weighted by Crippen LogP contribution is 2.32. The molecule has 7 nitrogen and oxygen atoms in total. The molecule has 0 aliphatic carbocycles. The molecule has 33 heavy (non-hydrogen) atoms. The molecule has 168 valence electrons. The van der Waals surface area contributed by atoms with Gasteiger partial charge in [-0.3, -0.25) is 4.79 Å². The number of anilines is 1. The fourth-order valence-corrected chi connectivity index (χ4v) is 4.86. The van der Waals surface area contributed by atoms with Crippen LogP contribution in [0.2, 0.25) is 0 Å². The lowest BCUT2D eigenvalue weighted by Crippen LogP contribution is -2.48. The van der Waals surface area contributed by atoms with Gasteiger partial charge in [0.1, 0.15) is 11.3 Å². The van der Waals surface area contributed by atoms with Gasteiger partial charge in [-0.15, -0.1) is 0 Å². The van der Waals surface area contributed by atoms with Crippen molar-refractivity contribution < 1.29 is 13.9 Å². The SMILES string of the molecule is COc1cccc(N2CCN(C(=O)c3oc4ccccc4c3CSc3ncccn3)CC2)c1. The van der Waals surface area contributed by atoms with Gasteiger partial charge in [0.05, 0.1) is 7.11 Å². The Balaban J connectivity index is 1.34. The normalized spacial score (nSPS) is 14.0. The third kappa shape index (κ3) is 4.52. The molecule has 0 atom stereocenters. The number of furan rings is 1. The van der Waals surface area contributed by atoms with Crippen molar-refractivity contribution in [2.24, 2.45) is 0 Å². The molecule has 0 saturated carbocycles. The minimum Gasteiger partial charge on any atom is -0.497 e. The Labute approximate surface area is 196 Å². The maximum Gasteiger partial charge on any atom is 0.290 e. The number of amides is 1. The summed E-state index contributed by atoms with van der Waals surface area (Å²) < 4.78 is 11.4. The summed E-state index contributed by atoms with van der Waals surface area (Å²) in [7, 11) is 1.67. The van der Waals surface area contributed by atoms with Crippen LogP contribution in [0.4, 0.5) is 5.69 Å². The summed E-state index contributed by atoms with van der Waals surface area (Å²) in [6.45, 7) is 2.76. The Hall–Kier alpha value is -3.52. The van der Waals surface area contributed by atoms with Crippen LogP contribution in [-0.2, 0) is 5.75 Å². The number of rotatable bonds is 6. The summed E-state index contributed by atoms with van der Waals surface area (Å²) in [6, 6.07) is 17.6. The van der Waals surface area contributed by atoms with Crippen molar-refractivity contribution >= 4 is 34.3 Å². The molecule has 1 saturated heterocycles. The van der Waals surface area contributed by atoms with E-state index in [0.717, 1.165) is 41.1 Å². The van der Waals surface area contributed by atoms with Crippen LogP contribution in [0.3, 0.4) is 0 Å². The number of methoxy groups -OCH3 is 1. The molecule has 0 unspecified atom stereocenters. The van der Waals surface area contributed by atoms with Gasteiger partial charge in [0.25, 0.3) is 5.91 Å². The predicted molar refractivity (Wildman–Crippen MR) is 129 cm³/mol. The molecule has 1 fully saturated rings. The van der Waals surface area contributed by atoms with Crippen LogP contribution in [0.5, 0.6) is 5.75 Å². The molecule has 1 aliphatic heterocycles. The molecule has 1 amide bonds. The first-order valence-corrected chi connectivity index (χ1v) is 11.8. The number of thioether (sulfide) groups is 1. The number of para-hydroxylation sites is 1. The average molecular weight is 461 g/mol. The van der Waals surface area contributed by atoms with Gasteiger partial charge >= 0.3 is 0 Å². The smallest absolute Gasteiger partial charge is 0.290 e. The highest BCUT2D eigenvalue weighted by Gasteiger charge is 2.28. The van der Waals surface area contributed by atoms with Gasteiger partial charge in [-0.1, -0.05) is 36.0 Å². The van der Waals surface area contributed by atoms with E-state index in [4.69, 9.17) is 9.15 Å². The highest BCUT2D eigenvalue weighted by molar-refractivity contribution is 7.98. The van der Waals surface area contributed by atoms with Crippen molar-refractivity contribution in [1.29, 1.82) is 0 Å². The molecule has 0 spiro atoms. The van der Waals surface area contributed by atoms with Crippen molar-refractivity contribution in [2.45, 2.75) is 10.9 Å². The monoisotopic (exact) mass is 460 g/mol. The molecular formula is C25H24N4O3S. The quantitative estimate of drug-likeness (QED) is 0.310. The number of nitrogens with zero attached hydrogens (tertiary/aromatic N) is 4. The van der Waals surface area contributed by atoms with Crippen LogP contribution in [0.25, 0.3) is 11.0 Å². The zero-order valence-corrected chi connectivity index (χ0v) is 19.1. The molecule has 0 N–H and O–H groups in total. The lowest BCUT2D eigenvalue weighted by Gasteiger charge is -2.36. The summed E-state index contributed by atoms with van der Waals surface area (Å²) in [5, 5.41) is 1.63. The second kappa shape index (κ2) is 9.54. The van der Waals surface area contributed by atoms with E-state index in [1.54, 1.807) is 25.6 Å². The largest absolute Gasteiger partial charge is 0.497 e. The molecule has 0 bridgehead atoms. The van der Waals surface area contributed by atoms with Crippen molar-refractivity contribution in [3.8, 4) is 5.75 Å². The fraction of sp³-hybridized carbons (Fsp3) is 0.240. The van der Waals surface area contributed by atoms with Crippen molar-refractivity contribution in [3.05, 3.63) is 78.3 Å². The summed E-state index contributed by atoms with van der Waals surface area (Å²) in [4.78, 5) is 26.2. The maximum absolute atomic E-state index is 13.5. The summed E-state index contributed by atoms with van der Waals surface area (Å²) >= 11 is 1.50. The second-order valence-corrected chi connectivity index (χ2v) is 8.65. The molecule has 2 aromatic carbocycles. The van der Waals surface area contributed by atoms with E-state index in [1.807, 2.05) is 47.4 Å². The van der Waals surface area contributed by atoms with E-state index in [0.29, 0.717) is 29.8 Å². The minimum absolute atomic E-state index is 0.0685. The van der Waals surface area contributed by atoms with Crippen LogP contribution in [-0.4, -0.2) is 54.1 Å². The molecule has 5 rings (SSSR count). The Morgan fingerprint density at radius 3 is 2.61 bits per heavy atom. The topological polar surface area (TPSA) is 71.7 Å². The van der Waals surface area contributed by atoms with E-state index in [9.17, 15) is 4.79 Å².